The van der Waals surface area contributed by atoms with Crippen molar-refractivity contribution >= 4 is 11.3 Å². The number of allylic oxidation sites excluding steroid dienone is 3. The number of nitrogens with zero attached hydrogens (tertiary/aromatic N) is 1. The highest BCUT2D eigenvalue weighted by atomic mass is 19.1. The first-order valence-corrected chi connectivity index (χ1v) is 10.1. The maximum atomic E-state index is 14.3. The standard InChI is InChI=1S/C23H35FN2/c1-6-8-9-12-25-16-21(13-17(3)7-2)19-10-11-22-20(15-19)14-18(4)23(24)26(22)5/h10-11,13,15-16,18,23,25H,6-9,12,14H2,1-5H3/b17-13?,21-16+/t18?,23-/m1/s1. The normalized spacial score (nSPS) is 20.9. The van der Waals surface area contributed by atoms with Crippen LogP contribution in [0.3, 0.4) is 0 Å². The molecule has 144 valence electrons. The minimum Gasteiger partial charge on any atom is -0.390 e. The first-order chi connectivity index (χ1) is 12.5. The second kappa shape index (κ2) is 9.80. The molecule has 2 atom stereocenters. The van der Waals surface area contributed by atoms with Crippen LogP contribution in [0, 0.1) is 5.92 Å². The first-order valence-electron chi connectivity index (χ1n) is 10.1. The number of hydrogen-bond acceptors (Lipinski definition) is 2. The Morgan fingerprint density at radius 2 is 2.08 bits per heavy atom. The van der Waals surface area contributed by atoms with Crippen molar-refractivity contribution in [1.82, 2.24) is 5.32 Å². The lowest BCUT2D eigenvalue weighted by Crippen LogP contribution is -2.38. The van der Waals surface area contributed by atoms with Crippen LogP contribution < -0.4 is 10.2 Å². The van der Waals surface area contributed by atoms with Crippen LogP contribution in [0.2, 0.25) is 0 Å². The van der Waals surface area contributed by atoms with Crippen molar-refractivity contribution in [1.29, 1.82) is 0 Å². The summed E-state index contributed by atoms with van der Waals surface area (Å²) in [6, 6.07) is 6.44. The highest BCUT2D eigenvalue weighted by molar-refractivity contribution is 5.76. The molecule has 1 unspecified atom stereocenters. The van der Waals surface area contributed by atoms with Gasteiger partial charge in [-0.05, 0) is 55.0 Å². The van der Waals surface area contributed by atoms with Crippen molar-refractivity contribution in [3.8, 4) is 0 Å². The second-order valence-electron chi connectivity index (χ2n) is 7.61. The largest absolute Gasteiger partial charge is 0.390 e. The number of fused-ring (bicyclic) bond motifs is 1. The highest BCUT2D eigenvalue weighted by Gasteiger charge is 2.29. The molecule has 2 rings (SSSR count). The Hall–Kier alpha value is -1.77. The third-order valence-electron chi connectivity index (χ3n) is 5.32. The Kier molecular flexibility index (Phi) is 7.74. The minimum absolute atomic E-state index is 0.0234. The molecule has 26 heavy (non-hydrogen) atoms. The second-order valence-corrected chi connectivity index (χ2v) is 7.61. The number of alkyl halides is 1. The van der Waals surface area contributed by atoms with E-state index in [1.165, 1.54) is 41.5 Å². The average Bonchev–Trinajstić information content (AvgIpc) is 2.64. The molecule has 0 saturated heterocycles. The Labute approximate surface area is 159 Å². The lowest BCUT2D eigenvalue weighted by molar-refractivity contribution is 0.228. The zero-order valence-electron chi connectivity index (χ0n) is 17.1. The van der Waals surface area contributed by atoms with Gasteiger partial charge >= 0.3 is 0 Å². The molecule has 0 bridgehead atoms. The average molecular weight is 359 g/mol. The SMILES string of the molecule is CCCCCN/C=C(\C=C(C)CC)c1ccc2c(c1)CC(C)[C@H](F)N2C. The number of benzene rings is 1. The number of anilines is 1. The summed E-state index contributed by atoms with van der Waals surface area (Å²) >= 11 is 0. The van der Waals surface area contributed by atoms with Gasteiger partial charge in [-0.1, -0.05) is 51.3 Å². The van der Waals surface area contributed by atoms with Crippen LogP contribution in [0.25, 0.3) is 5.57 Å². The Morgan fingerprint density at radius 1 is 1.31 bits per heavy atom. The lowest BCUT2D eigenvalue weighted by Gasteiger charge is -2.35. The molecule has 0 saturated carbocycles. The van der Waals surface area contributed by atoms with Crippen LogP contribution >= 0.6 is 0 Å². The van der Waals surface area contributed by atoms with Gasteiger partial charge < -0.3 is 10.2 Å². The summed E-state index contributed by atoms with van der Waals surface area (Å²) in [6.45, 7) is 9.58. The van der Waals surface area contributed by atoms with E-state index in [0.717, 1.165) is 25.1 Å². The van der Waals surface area contributed by atoms with Gasteiger partial charge in [0.15, 0.2) is 6.30 Å². The zero-order valence-corrected chi connectivity index (χ0v) is 17.1. The molecule has 0 amide bonds. The number of rotatable bonds is 8. The summed E-state index contributed by atoms with van der Waals surface area (Å²) in [5.41, 5.74) is 6.04. The molecule has 0 spiro atoms. The zero-order chi connectivity index (χ0) is 19.1. The summed E-state index contributed by atoms with van der Waals surface area (Å²) in [4.78, 5) is 1.77. The fourth-order valence-corrected chi connectivity index (χ4v) is 3.47. The molecule has 0 radical (unpaired) electrons. The maximum Gasteiger partial charge on any atom is 0.175 e. The van der Waals surface area contributed by atoms with Crippen molar-refractivity contribution in [2.45, 2.75) is 66.1 Å². The van der Waals surface area contributed by atoms with Crippen molar-refractivity contribution < 1.29 is 4.39 Å². The van der Waals surface area contributed by atoms with E-state index in [1.807, 2.05) is 14.0 Å². The van der Waals surface area contributed by atoms with E-state index in [-0.39, 0.29) is 5.92 Å². The van der Waals surface area contributed by atoms with Gasteiger partial charge in [-0.15, -0.1) is 0 Å². The molecule has 1 aromatic carbocycles. The molecule has 3 heteroatoms. The Balaban J connectivity index is 2.27. The summed E-state index contributed by atoms with van der Waals surface area (Å²) in [5, 5.41) is 3.48. The predicted octanol–water partition coefficient (Wildman–Crippen LogP) is 6.09. The number of nitrogens with one attached hydrogen (secondary N) is 1. The number of unbranched alkanes of at least 4 members (excludes halogenated alkanes) is 2. The molecule has 0 aliphatic carbocycles. The van der Waals surface area contributed by atoms with Gasteiger partial charge in [0.2, 0.25) is 0 Å². The van der Waals surface area contributed by atoms with Gasteiger partial charge in [-0.2, -0.15) is 0 Å². The number of hydrogen-bond donors (Lipinski definition) is 1. The fourth-order valence-electron chi connectivity index (χ4n) is 3.47. The molecule has 1 aliphatic rings. The maximum absolute atomic E-state index is 14.3. The third-order valence-corrected chi connectivity index (χ3v) is 5.32. The summed E-state index contributed by atoms with van der Waals surface area (Å²) in [7, 11) is 1.85. The quantitative estimate of drug-likeness (QED) is 0.344. The topological polar surface area (TPSA) is 15.3 Å². The first kappa shape index (κ1) is 20.5. The predicted molar refractivity (Wildman–Crippen MR) is 112 cm³/mol. The summed E-state index contributed by atoms with van der Waals surface area (Å²) in [6.07, 6.45) is 9.04. The summed E-state index contributed by atoms with van der Waals surface area (Å²) in [5.74, 6) is 0.0234. The van der Waals surface area contributed by atoms with Crippen LogP contribution in [0.1, 0.15) is 64.5 Å². The monoisotopic (exact) mass is 358 g/mol. The Morgan fingerprint density at radius 3 is 2.77 bits per heavy atom. The number of halogens is 1. The molecule has 1 N–H and O–H groups in total. The van der Waals surface area contributed by atoms with E-state index in [4.69, 9.17) is 0 Å². The van der Waals surface area contributed by atoms with Crippen molar-refractivity contribution in [3.05, 3.63) is 47.2 Å². The van der Waals surface area contributed by atoms with Gasteiger partial charge in [0.25, 0.3) is 0 Å². The van der Waals surface area contributed by atoms with Gasteiger partial charge in [0.05, 0.1) is 0 Å². The van der Waals surface area contributed by atoms with Crippen LogP contribution in [0.5, 0.6) is 0 Å². The van der Waals surface area contributed by atoms with Gasteiger partial charge in [-0.3, -0.25) is 0 Å². The molecule has 0 aromatic heterocycles. The highest BCUT2D eigenvalue weighted by Crippen LogP contribution is 2.35. The van der Waals surface area contributed by atoms with Gasteiger partial charge in [-0.25, -0.2) is 4.39 Å². The van der Waals surface area contributed by atoms with E-state index >= 15 is 0 Å². The fraction of sp³-hybridized carbons (Fsp3) is 0.565. The molecule has 1 heterocycles. The van der Waals surface area contributed by atoms with Crippen LogP contribution in [0.4, 0.5) is 10.1 Å². The molecule has 1 aromatic rings. The summed E-state index contributed by atoms with van der Waals surface area (Å²) < 4.78 is 14.3. The van der Waals surface area contributed by atoms with E-state index in [2.05, 4.69) is 56.6 Å². The van der Waals surface area contributed by atoms with Gasteiger partial charge in [0.1, 0.15) is 0 Å². The molecular formula is C23H35FN2. The van der Waals surface area contributed by atoms with E-state index in [1.54, 1.807) is 4.90 Å². The molecule has 2 nitrogen and oxygen atoms in total. The van der Waals surface area contributed by atoms with E-state index in [0.29, 0.717) is 0 Å². The smallest absolute Gasteiger partial charge is 0.175 e. The van der Waals surface area contributed by atoms with E-state index in [9.17, 15) is 4.39 Å². The van der Waals surface area contributed by atoms with Crippen molar-refractivity contribution in [3.63, 3.8) is 0 Å². The van der Waals surface area contributed by atoms with Crippen molar-refractivity contribution in [2.75, 3.05) is 18.5 Å². The van der Waals surface area contributed by atoms with Gasteiger partial charge in [0, 0.05) is 31.4 Å². The van der Waals surface area contributed by atoms with Crippen LogP contribution in [0.15, 0.2) is 36.0 Å². The van der Waals surface area contributed by atoms with E-state index < -0.39 is 6.30 Å². The molecular weight excluding hydrogens is 323 g/mol. The minimum atomic E-state index is -0.897. The lowest BCUT2D eigenvalue weighted by atomic mass is 9.90. The van der Waals surface area contributed by atoms with Crippen molar-refractivity contribution in [2.24, 2.45) is 5.92 Å². The molecule has 0 fully saturated rings. The Bertz CT molecular complexity index is 648. The van der Waals surface area contributed by atoms with Crippen LogP contribution in [-0.2, 0) is 6.42 Å². The van der Waals surface area contributed by atoms with Crippen LogP contribution in [-0.4, -0.2) is 19.9 Å². The third kappa shape index (κ3) is 5.12. The molecule has 1 aliphatic heterocycles.